The molecular weight excluding hydrogens is 509 g/mol. The van der Waals surface area contributed by atoms with E-state index < -0.39 is 35.1 Å². The van der Waals surface area contributed by atoms with Crippen LogP contribution in [0.5, 0.6) is 0 Å². The van der Waals surface area contributed by atoms with Crippen molar-refractivity contribution in [2.45, 2.75) is 90.8 Å². The molecule has 4 aliphatic carbocycles. The van der Waals surface area contributed by atoms with Crippen molar-refractivity contribution in [3.8, 4) is 0 Å². The summed E-state index contributed by atoms with van der Waals surface area (Å²) in [6, 6.07) is 0. The molecule has 0 saturated heterocycles. The third-order valence-electron chi connectivity index (χ3n) is 10.3. The van der Waals surface area contributed by atoms with E-state index in [2.05, 4.69) is 25.8 Å². The Hall–Kier alpha value is -0.490. The van der Waals surface area contributed by atoms with Crippen molar-refractivity contribution in [1.29, 1.82) is 0 Å². The number of aliphatic hydroxyl groups excluding tert-OH is 1. The molecule has 0 amide bonds. The summed E-state index contributed by atoms with van der Waals surface area (Å²) in [5.74, 6) is 0.0948. The van der Waals surface area contributed by atoms with E-state index in [-0.39, 0.29) is 58.6 Å². The Bertz CT molecular complexity index is 1030. The number of fused-ring (bicyclic) bond motifs is 5. The number of hydrogen-bond donors (Lipinski definition) is 3. The SMILES string of the molecule is C[C@H](CCC([O-])=NCC(=O)O)[C@H]1CC[C@H]2[C@@H]3[C@H](O)C=C4C[C@@H](OS(=O)(=O)O)CC[C@]4(C)[C@H]3CC[C@]12C.[Na+]. The van der Waals surface area contributed by atoms with Gasteiger partial charge < -0.3 is 15.3 Å². The molecule has 204 valence electrons. The maximum Gasteiger partial charge on any atom is 1.00 e. The van der Waals surface area contributed by atoms with E-state index in [1.165, 1.54) is 0 Å². The molecule has 0 radical (unpaired) electrons. The molecule has 0 aromatic heterocycles. The third-order valence-corrected chi connectivity index (χ3v) is 10.8. The average molecular weight is 550 g/mol. The molecule has 37 heavy (non-hydrogen) atoms. The number of aliphatic imine (C=N–C) groups is 1. The minimum atomic E-state index is -4.51. The van der Waals surface area contributed by atoms with Gasteiger partial charge in [0.1, 0.15) is 6.54 Å². The summed E-state index contributed by atoms with van der Waals surface area (Å²) in [7, 11) is -4.51. The number of hydrogen-bond acceptors (Lipinski definition) is 7. The second-order valence-electron chi connectivity index (χ2n) is 12.1. The van der Waals surface area contributed by atoms with Gasteiger partial charge in [-0.15, -0.1) is 0 Å². The number of nitrogens with zero attached hydrogens (tertiary/aromatic N) is 1. The van der Waals surface area contributed by atoms with Crippen LogP contribution < -0.4 is 34.7 Å². The van der Waals surface area contributed by atoms with Gasteiger partial charge in [-0.05, 0) is 104 Å². The quantitative estimate of drug-likeness (QED) is 0.125. The molecule has 3 saturated carbocycles. The second-order valence-corrected chi connectivity index (χ2v) is 13.2. The number of aliphatic hydroxyl groups is 1. The zero-order valence-corrected chi connectivity index (χ0v) is 25.2. The first-order valence-electron chi connectivity index (χ1n) is 13.2. The van der Waals surface area contributed by atoms with Gasteiger partial charge in [0, 0.05) is 0 Å². The topological polar surface area (TPSA) is 157 Å². The first-order chi connectivity index (χ1) is 16.7. The molecule has 11 heteroatoms. The van der Waals surface area contributed by atoms with Gasteiger partial charge in [-0.3, -0.25) is 14.3 Å². The minimum absolute atomic E-state index is 0. The second kappa shape index (κ2) is 11.6. The molecule has 0 aromatic carbocycles. The van der Waals surface area contributed by atoms with Crippen molar-refractivity contribution in [2.24, 2.45) is 45.4 Å². The van der Waals surface area contributed by atoms with Gasteiger partial charge in [-0.25, -0.2) is 4.18 Å². The molecule has 0 aromatic rings. The van der Waals surface area contributed by atoms with Crippen LogP contribution in [0.25, 0.3) is 0 Å². The van der Waals surface area contributed by atoms with Crippen LogP contribution in [-0.4, -0.2) is 53.8 Å². The summed E-state index contributed by atoms with van der Waals surface area (Å²) in [6.07, 6.45) is 7.52. The summed E-state index contributed by atoms with van der Waals surface area (Å²) in [5, 5.41) is 32.1. The van der Waals surface area contributed by atoms with E-state index in [0.29, 0.717) is 42.9 Å². The summed E-state index contributed by atoms with van der Waals surface area (Å²) in [4.78, 5) is 14.3. The van der Waals surface area contributed by atoms with E-state index in [0.717, 1.165) is 37.7 Å². The van der Waals surface area contributed by atoms with Crippen LogP contribution in [0.15, 0.2) is 16.6 Å². The maximum absolute atomic E-state index is 12.0. The van der Waals surface area contributed by atoms with Crippen molar-refractivity contribution in [3.63, 3.8) is 0 Å². The van der Waals surface area contributed by atoms with Gasteiger partial charge in [-0.2, -0.15) is 8.42 Å². The van der Waals surface area contributed by atoms with Gasteiger partial charge in [0.05, 0.1) is 12.2 Å². The van der Waals surface area contributed by atoms with Gasteiger partial charge in [0.2, 0.25) is 0 Å². The average Bonchev–Trinajstić information content (AvgIpc) is 3.13. The molecule has 3 fully saturated rings. The van der Waals surface area contributed by atoms with Crippen LogP contribution in [0.2, 0.25) is 0 Å². The maximum atomic E-state index is 12.0. The van der Waals surface area contributed by atoms with Crippen molar-refractivity contribution in [2.75, 3.05) is 6.54 Å². The van der Waals surface area contributed by atoms with E-state index in [9.17, 15) is 23.4 Å². The fourth-order valence-electron chi connectivity index (χ4n) is 8.63. The molecule has 9 nitrogen and oxygen atoms in total. The molecule has 0 spiro atoms. The van der Waals surface area contributed by atoms with Gasteiger partial charge in [0.15, 0.2) is 0 Å². The fraction of sp³-hybridized carbons (Fsp3) is 0.846. The van der Waals surface area contributed by atoms with Crippen molar-refractivity contribution in [3.05, 3.63) is 11.6 Å². The zero-order chi connectivity index (χ0) is 26.5. The number of rotatable bonds is 8. The van der Waals surface area contributed by atoms with E-state index in [1.807, 2.05) is 6.08 Å². The summed E-state index contributed by atoms with van der Waals surface area (Å²) >= 11 is 0. The Morgan fingerprint density at radius 1 is 1.22 bits per heavy atom. The number of aliphatic carboxylic acids is 1. The Labute approximate surface area is 242 Å². The van der Waals surface area contributed by atoms with Crippen LogP contribution >= 0.6 is 0 Å². The molecule has 4 aliphatic rings. The number of carbonyl (C=O) groups is 1. The minimum Gasteiger partial charge on any atom is -0.862 e. The molecule has 9 atom stereocenters. The van der Waals surface area contributed by atoms with Gasteiger partial charge in [-0.1, -0.05) is 32.4 Å². The van der Waals surface area contributed by atoms with Gasteiger partial charge >= 0.3 is 45.9 Å². The molecule has 0 aliphatic heterocycles. The molecule has 0 heterocycles. The van der Waals surface area contributed by atoms with Crippen LogP contribution in [0, 0.1) is 40.4 Å². The predicted molar refractivity (Wildman–Crippen MR) is 131 cm³/mol. The molecule has 4 rings (SSSR count). The van der Waals surface area contributed by atoms with E-state index >= 15 is 0 Å². The monoisotopic (exact) mass is 549 g/mol. The molecule has 0 unspecified atom stereocenters. The number of carboxylic acids is 1. The Kier molecular flexibility index (Phi) is 9.69. The Morgan fingerprint density at radius 2 is 1.92 bits per heavy atom. The van der Waals surface area contributed by atoms with Crippen LogP contribution in [0.4, 0.5) is 0 Å². The van der Waals surface area contributed by atoms with Gasteiger partial charge in [0.25, 0.3) is 0 Å². The van der Waals surface area contributed by atoms with Crippen molar-refractivity contribution >= 4 is 22.3 Å². The van der Waals surface area contributed by atoms with Crippen molar-refractivity contribution in [1.82, 2.24) is 0 Å². The van der Waals surface area contributed by atoms with E-state index in [1.54, 1.807) is 0 Å². The molecule has 3 N–H and O–H groups in total. The first-order valence-corrected chi connectivity index (χ1v) is 14.6. The summed E-state index contributed by atoms with van der Waals surface area (Å²) in [5.41, 5.74) is 0.994. The number of carboxylic acid groups (broad SMARTS) is 1. The zero-order valence-electron chi connectivity index (χ0n) is 22.4. The summed E-state index contributed by atoms with van der Waals surface area (Å²) in [6.45, 7) is 6.30. The van der Waals surface area contributed by atoms with Crippen molar-refractivity contribution < 1.29 is 66.8 Å². The van der Waals surface area contributed by atoms with Crippen LogP contribution in [0.3, 0.4) is 0 Å². The predicted octanol–water partition coefficient (Wildman–Crippen LogP) is -0.0121. The largest absolute Gasteiger partial charge is 1.00 e. The smallest absolute Gasteiger partial charge is 0.862 e. The Balaban J connectivity index is 0.00000380. The molecular formula is C26H40NNaO8S. The van der Waals surface area contributed by atoms with Crippen LogP contribution in [0.1, 0.15) is 78.6 Å². The first kappa shape index (κ1) is 31.0. The molecule has 0 bridgehead atoms. The van der Waals surface area contributed by atoms with Crippen LogP contribution in [-0.2, 0) is 19.4 Å². The van der Waals surface area contributed by atoms with E-state index in [4.69, 9.17) is 13.8 Å². The summed E-state index contributed by atoms with van der Waals surface area (Å²) < 4.78 is 36.5. The standard InChI is InChI=1S/C26H41NO8S.Na/c1-15(4-7-22(29)27-14-23(30)31)18-5-6-19-24-20(9-11-26(18,19)3)25(2)10-8-17(35-36(32,33)34)12-16(25)13-21(24)28;/h13,15,17-21,24,28H,4-12,14H2,1-3H3,(H,27,29)(H,30,31)(H,32,33,34);/q;+1/p-1/t15-,17+,18-,19+,20+,21-,24+,25+,26-;/m1./s1. The fourth-order valence-corrected chi connectivity index (χ4v) is 9.14. The normalized spacial score (nSPS) is 40.5. The third kappa shape index (κ3) is 6.31. The Morgan fingerprint density at radius 3 is 2.57 bits per heavy atom.